The standard InChI is InChI=1S/C26H35N5O2S/c1-28-21(9-10-24(32)30-15-13-29(14-16-30)20-6-3-2-4-7-20)18-27-26(33)25-23(28)11-12-31(25)19-22-8-5-17-34-22/h2-8,17,21,23,25H,9-16,18-19H2,1H3,(H,27,33)/t21-,23-,25-/m0/s1. The number of carbonyl (C=O) groups excluding carboxylic acids is 2. The van der Waals surface area contributed by atoms with Crippen molar-refractivity contribution >= 4 is 28.8 Å². The summed E-state index contributed by atoms with van der Waals surface area (Å²) >= 11 is 1.75. The van der Waals surface area contributed by atoms with Gasteiger partial charge in [-0.2, -0.15) is 0 Å². The Balaban J connectivity index is 1.13. The van der Waals surface area contributed by atoms with Gasteiger partial charge in [0.05, 0.1) is 0 Å². The largest absolute Gasteiger partial charge is 0.368 e. The highest BCUT2D eigenvalue weighted by atomic mass is 32.1. The number of likely N-dealkylation sites (N-methyl/N-ethyl adjacent to an activating group) is 1. The highest BCUT2D eigenvalue weighted by Crippen LogP contribution is 2.29. The Morgan fingerprint density at radius 2 is 1.85 bits per heavy atom. The molecule has 0 aliphatic carbocycles. The minimum absolute atomic E-state index is 0.112. The van der Waals surface area contributed by atoms with Crippen LogP contribution >= 0.6 is 11.3 Å². The summed E-state index contributed by atoms with van der Waals surface area (Å²) in [6.45, 7) is 5.67. The molecular formula is C26H35N5O2S. The fourth-order valence-corrected chi connectivity index (χ4v) is 6.46. The van der Waals surface area contributed by atoms with Crippen molar-refractivity contribution in [2.24, 2.45) is 0 Å². The molecule has 182 valence electrons. The normalized spacial score (nSPS) is 26.3. The maximum Gasteiger partial charge on any atom is 0.239 e. The van der Waals surface area contributed by atoms with Gasteiger partial charge in [-0.3, -0.25) is 19.4 Å². The Morgan fingerprint density at radius 3 is 2.59 bits per heavy atom. The Bertz CT molecular complexity index is 961. The van der Waals surface area contributed by atoms with Crippen LogP contribution in [0.4, 0.5) is 5.69 Å². The number of para-hydroxylation sites is 1. The van der Waals surface area contributed by atoms with Gasteiger partial charge < -0.3 is 15.1 Å². The molecule has 3 fully saturated rings. The van der Waals surface area contributed by atoms with Crippen LogP contribution in [0.5, 0.6) is 0 Å². The molecule has 34 heavy (non-hydrogen) atoms. The van der Waals surface area contributed by atoms with E-state index >= 15 is 0 Å². The van der Waals surface area contributed by atoms with Gasteiger partial charge in [0.15, 0.2) is 0 Å². The van der Waals surface area contributed by atoms with E-state index in [-0.39, 0.29) is 29.9 Å². The molecule has 3 aliphatic rings. The maximum atomic E-state index is 13.0. The van der Waals surface area contributed by atoms with E-state index in [9.17, 15) is 9.59 Å². The minimum Gasteiger partial charge on any atom is -0.368 e. The van der Waals surface area contributed by atoms with E-state index in [4.69, 9.17) is 0 Å². The van der Waals surface area contributed by atoms with Gasteiger partial charge in [-0.15, -0.1) is 11.3 Å². The van der Waals surface area contributed by atoms with Crippen molar-refractivity contribution < 1.29 is 9.59 Å². The van der Waals surface area contributed by atoms with Crippen LogP contribution in [-0.2, 0) is 16.1 Å². The molecule has 0 spiro atoms. The van der Waals surface area contributed by atoms with Gasteiger partial charge >= 0.3 is 0 Å². The molecule has 1 N–H and O–H groups in total. The molecule has 3 saturated heterocycles. The van der Waals surface area contributed by atoms with E-state index in [1.807, 2.05) is 11.0 Å². The number of nitrogens with zero attached hydrogens (tertiary/aromatic N) is 4. The van der Waals surface area contributed by atoms with Gasteiger partial charge in [0.2, 0.25) is 11.8 Å². The molecule has 7 nitrogen and oxygen atoms in total. The summed E-state index contributed by atoms with van der Waals surface area (Å²) in [5, 5.41) is 5.28. The summed E-state index contributed by atoms with van der Waals surface area (Å²) in [5.74, 6) is 0.371. The van der Waals surface area contributed by atoms with Gasteiger partial charge in [-0.25, -0.2) is 0 Å². The lowest BCUT2D eigenvalue weighted by Gasteiger charge is -2.37. The molecule has 2 amide bonds. The number of fused-ring (bicyclic) bond motifs is 1. The minimum atomic E-state index is -0.112. The van der Waals surface area contributed by atoms with Crippen LogP contribution in [0.15, 0.2) is 47.8 Å². The fraction of sp³-hybridized carbons (Fsp3) is 0.538. The predicted octanol–water partition coefficient (Wildman–Crippen LogP) is 2.25. The van der Waals surface area contributed by atoms with Gasteiger partial charge in [0, 0.05) is 74.9 Å². The zero-order chi connectivity index (χ0) is 23.5. The number of piperazine rings is 1. The number of likely N-dealkylation sites (tertiary alicyclic amines) is 1. The molecule has 0 saturated carbocycles. The van der Waals surface area contributed by atoms with Crippen molar-refractivity contribution in [2.75, 3.05) is 51.2 Å². The number of benzene rings is 1. The zero-order valence-corrected chi connectivity index (χ0v) is 20.8. The van der Waals surface area contributed by atoms with E-state index < -0.39 is 0 Å². The van der Waals surface area contributed by atoms with Crippen molar-refractivity contribution in [1.82, 2.24) is 20.0 Å². The Kier molecular flexibility index (Phi) is 7.18. The number of hydrogen-bond donors (Lipinski definition) is 1. The summed E-state index contributed by atoms with van der Waals surface area (Å²) in [5.41, 5.74) is 1.23. The average Bonchev–Trinajstić information content (AvgIpc) is 3.52. The topological polar surface area (TPSA) is 59.1 Å². The smallest absolute Gasteiger partial charge is 0.239 e. The molecule has 8 heteroatoms. The monoisotopic (exact) mass is 481 g/mol. The zero-order valence-electron chi connectivity index (χ0n) is 19.9. The molecule has 3 atom stereocenters. The maximum absolute atomic E-state index is 13.0. The van der Waals surface area contributed by atoms with Crippen LogP contribution in [0.3, 0.4) is 0 Å². The number of amides is 2. The van der Waals surface area contributed by atoms with E-state index in [0.29, 0.717) is 13.0 Å². The lowest BCUT2D eigenvalue weighted by Crippen LogP contribution is -2.50. The lowest BCUT2D eigenvalue weighted by molar-refractivity contribution is -0.132. The van der Waals surface area contributed by atoms with Crippen LogP contribution in [0.1, 0.15) is 24.1 Å². The second-order valence-corrected chi connectivity index (χ2v) is 10.7. The molecule has 5 rings (SSSR count). The molecule has 2 aromatic rings. The van der Waals surface area contributed by atoms with E-state index in [0.717, 1.165) is 52.1 Å². The summed E-state index contributed by atoms with van der Waals surface area (Å²) < 4.78 is 0. The summed E-state index contributed by atoms with van der Waals surface area (Å²) in [6.07, 6.45) is 2.31. The first-order valence-corrected chi connectivity index (χ1v) is 13.3. The Morgan fingerprint density at radius 1 is 1.06 bits per heavy atom. The summed E-state index contributed by atoms with van der Waals surface area (Å²) in [6, 6.07) is 14.9. The van der Waals surface area contributed by atoms with E-state index in [1.54, 1.807) is 11.3 Å². The van der Waals surface area contributed by atoms with Gasteiger partial charge in [-0.1, -0.05) is 24.3 Å². The molecule has 0 radical (unpaired) electrons. The van der Waals surface area contributed by atoms with Crippen LogP contribution in [0.25, 0.3) is 0 Å². The predicted molar refractivity (Wildman–Crippen MR) is 136 cm³/mol. The summed E-state index contributed by atoms with van der Waals surface area (Å²) in [7, 11) is 2.14. The molecule has 1 aromatic carbocycles. The molecular weight excluding hydrogens is 446 g/mol. The second kappa shape index (κ2) is 10.5. The van der Waals surface area contributed by atoms with Gasteiger partial charge in [0.1, 0.15) is 6.04 Å². The van der Waals surface area contributed by atoms with Crippen LogP contribution in [-0.4, -0.2) is 91.0 Å². The quantitative estimate of drug-likeness (QED) is 0.686. The van der Waals surface area contributed by atoms with Crippen molar-refractivity contribution in [2.45, 2.75) is 43.9 Å². The van der Waals surface area contributed by atoms with Crippen molar-refractivity contribution in [1.29, 1.82) is 0 Å². The molecule has 0 unspecified atom stereocenters. The molecule has 1 aromatic heterocycles. The van der Waals surface area contributed by atoms with E-state index in [1.165, 1.54) is 10.6 Å². The summed E-state index contributed by atoms with van der Waals surface area (Å²) in [4.78, 5) is 36.3. The number of hydrogen-bond acceptors (Lipinski definition) is 6. The first-order chi connectivity index (χ1) is 16.6. The number of rotatable bonds is 6. The Labute approximate surface area is 206 Å². The van der Waals surface area contributed by atoms with Crippen molar-refractivity contribution in [3.8, 4) is 0 Å². The Hall–Kier alpha value is -2.42. The highest BCUT2D eigenvalue weighted by Gasteiger charge is 2.45. The van der Waals surface area contributed by atoms with Gasteiger partial charge in [-0.05, 0) is 43.5 Å². The van der Waals surface area contributed by atoms with Crippen molar-refractivity contribution in [3.63, 3.8) is 0 Å². The van der Waals surface area contributed by atoms with Gasteiger partial charge in [0.25, 0.3) is 0 Å². The SMILES string of the molecule is CN1[C@@H](CCC(=O)N2CCN(c3ccccc3)CC2)CNC(=O)[C@@H]2[C@@H]1CCN2Cc1cccs1. The third kappa shape index (κ3) is 4.99. The van der Waals surface area contributed by atoms with Crippen LogP contribution in [0, 0.1) is 0 Å². The number of nitrogens with one attached hydrogen (secondary N) is 1. The molecule has 0 bridgehead atoms. The first kappa shape index (κ1) is 23.3. The average molecular weight is 482 g/mol. The third-order valence-electron chi connectivity index (χ3n) is 7.73. The fourth-order valence-electron chi connectivity index (χ4n) is 5.73. The molecule has 3 aliphatic heterocycles. The number of thiophene rings is 1. The first-order valence-electron chi connectivity index (χ1n) is 12.4. The number of anilines is 1. The van der Waals surface area contributed by atoms with Crippen LogP contribution < -0.4 is 10.2 Å². The number of carbonyl (C=O) groups is 2. The van der Waals surface area contributed by atoms with E-state index in [2.05, 4.69) is 68.8 Å². The highest BCUT2D eigenvalue weighted by molar-refractivity contribution is 7.09. The lowest BCUT2D eigenvalue weighted by atomic mass is 10.0. The molecule has 4 heterocycles. The second-order valence-electron chi connectivity index (χ2n) is 9.66. The van der Waals surface area contributed by atoms with Crippen LogP contribution in [0.2, 0.25) is 0 Å². The third-order valence-corrected chi connectivity index (χ3v) is 8.59. The van der Waals surface area contributed by atoms with Crippen molar-refractivity contribution in [3.05, 3.63) is 52.7 Å².